The van der Waals surface area contributed by atoms with Gasteiger partial charge in [0.15, 0.2) is 0 Å². The number of amides is 2. The van der Waals surface area contributed by atoms with Gasteiger partial charge in [-0.1, -0.05) is 11.2 Å². The number of urea groups is 1. The molecular formula is C17H20FN3O2. The Bertz CT molecular complexity index is 722. The molecule has 5 nitrogen and oxygen atoms in total. The zero-order valence-electron chi connectivity index (χ0n) is 13.4. The van der Waals surface area contributed by atoms with Crippen LogP contribution in [-0.4, -0.2) is 11.2 Å². The predicted octanol–water partition coefficient (Wildman–Crippen LogP) is 3.48. The molecule has 6 heteroatoms. The minimum Gasteiger partial charge on any atom is -0.361 e. The third-order valence-electron chi connectivity index (χ3n) is 4.36. The summed E-state index contributed by atoms with van der Waals surface area (Å²) >= 11 is 0. The number of carbonyl (C=O) groups is 1. The van der Waals surface area contributed by atoms with Crippen LogP contribution in [0.5, 0.6) is 0 Å². The van der Waals surface area contributed by atoms with Crippen molar-refractivity contribution >= 4 is 6.03 Å². The Morgan fingerprint density at radius 1 is 1.43 bits per heavy atom. The molecule has 0 bridgehead atoms. The summed E-state index contributed by atoms with van der Waals surface area (Å²) in [6.07, 6.45) is 1.63. The van der Waals surface area contributed by atoms with Crippen LogP contribution in [0.15, 0.2) is 22.7 Å². The van der Waals surface area contributed by atoms with Crippen LogP contribution in [0.25, 0.3) is 0 Å². The molecule has 2 N–H and O–H groups in total. The lowest BCUT2D eigenvalue weighted by Gasteiger charge is -2.18. The van der Waals surface area contributed by atoms with Crippen LogP contribution in [0.2, 0.25) is 0 Å². The zero-order valence-corrected chi connectivity index (χ0v) is 13.4. The van der Waals surface area contributed by atoms with Gasteiger partial charge in [-0.05, 0) is 56.9 Å². The van der Waals surface area contributed by atoms with E-state index in [1.165, 1.54) is 12.1 Å². The number of hydrogen-bond donors (Lipinski definition) is 2. The Morgan fingerprint density at radius 2 is 2.22 bits per heavy atom. The number of hydrogen-bond acceptors (Lipinski definition) is 3. The van der Waals surface area contributed by atoms with Crippen molar-refractivity contribution in [3.8, 4) is 0 Å². The molecule has 0 radical (unpaired) electrons. The van der Waals surface area contributed by atoms with Crippen LogP contribution in [-0.2, 0) is 6.42 Å². The smallest absolute Gasteiger partial charge is 0.315 e. The topological polar surface area (TPSA) is 67.2 Å². The number of aromatic nitrogens is 1. The monoisotopic (exact) mass is 317 g/mol. The number of carbonyl (C=O) groups excluding carboxylic acids is 1. The van der Waals surface area contributed by atoms with Crippen LogP contribution in [0.4, 0.5) is 9.18 Å². The molecule has 1 heterocycles. The molecule has 0 aliphatic heterocycles. The third kappa shape index (κ3) is 3.06. The Kier molecular flexibility index (Phi) is 4.07. The highest BCUT2D eigenvalue weighted by Gasteiger charge is 2.25. The number of rotatable bonds is 3. The molecule has 1 aromatic heterocycles. The second-order valence-corrected chi connectivity index (χ2v) is 6.01. The summed E-state index contributed by atoms with van der Waals surface area (Å²) in [6, 6.07) is 4.11. The fourth-order valence-corrected chi connectivity index (χ4v) is 3.30. The van der Waals surface area contributed by atoms with E-state index in [1.54, 1.807) is 6.07 Å². The molecule has 2 aromatic rings. The van der Waals surface area contributed by atoms with E-state index in [9.17, 15) is 9.18 Å². The van der Waals surface area contributed by atoms with Gasteiger partial charge in [-0.2, -0.15) is 0 Å². The summed E-state index contributed by atoms with van der Waals surface area (Å²) in [5.41, 5.74) is 3.61. The zero-order chi connectivity index (χ0) is 16.6. The van der Waals surface area contributed by atoms with Gasteiger partial charge >= 0.3 is 6.03 Å². The van der Waals surface area contributed by atoms with Gasteiger partial charge in [-0.15, -0.1) is 0 Å². The van der Waals surface area contributed by atoms with E-state index in [-0.39, 0.29) is 23.9 Å². The Morgan fingerprint density at radius 3 is 2.91 bits per heavy atom. The number of aryl methyl sites for hydroxylation is 3. The molecule has 122 valence electrons. The van der Waals surface area contributed by atoms with E-state index in [0.717, 1.165) is 35.2 Å². The molecule has 0 saturated carbocycles. The van der Waals surface area contributed by atoms with Gasteiger partial charge in [0, 0.05) is 5.56 Å². The first-order valence-corrected chi connectivity index (χ1v) is 7.74. The SMILES string of the molecule is Cc1noc(C)c1[C@@H](C)NC(=O)N[C@H]1CCc2ccc(F)cc21. The van der Waals surface area contributed by atoms with E-state index < -0.39 is 0 Å². The second-order valence-electron chi connectivity index (χ2n) is 6.01. The van der Waals surface area contributed by atoms with Crippen LogP contribution in [0, 0.1) is 19.7 Å². The maximum absolute atomic E-state index is 13.4. The highest BCUT2D eigenvalue weighted by Crippen LogP contribution is 2.31. The molecule has 0 fully saturated rings. The van der Waals surface area contributed by atoms with E-state index in [0.29, 0.717) is 5.76 Å². The van der Waals surface area contributed by atoms with E-state index in [4.69, 9.17) is 4.52 Å². The number of halogens is 1. The molecule has 2 atom stereocenters. The molecular weight excluding hydrogens is 297 g/mol. The Hall–Kier alpha value is -2.37. The Balaban J connectivity index is 1.66. The summed E-state index contributed by atoms with van der Waals surface area (Å²) in [5.74, 6) is 0.422. The summed E-state index contributed by atoms with van der Waals surface area (Å²) in [6.45, 7) is 5.55. The van der Waals surface area contributed by atoms with Gasteiger partial charge in [0.25, 0.3) is 0 Å². The van der Waals surface area contributed by atoms with Gasteiger partial charge in [0.1, 0.15) is 11.6 Å². The first kappa shape index (κ1) is 15.5. The van der Waals surface area contributed by atoms with E-state index >= 15 is 0 Å². The lowest BCUT2D eigenvalue weighted by Crippen LogP contribution is -2.38. The average Bonchev–Trinajstić information content (AvgIpc) is 3.02. The molecule has 2 amide bonds. The highest BCUT2D eigenvalue weighted by molar-refractivity contribution is 5.75. The largest absolute Gasteiger partial charge is 0.361 e. The first-order chi connectivity index (χ1) is 11.0. The summed E-state index contributed by atoms with van der Waals surface area (Å²) in [7, 11) is 0. The lowest BCUT2D eigenvalue weighted by atomic mass is 10.1. The summed E-state index contributed by atoms with van der Waals surface area (Å²) in [5, 5.41) is 9.72. The second kappa shape index (κ2) is 6.02. The van der Waals surface area contributed by atoms with E-state index in [1.807, 2.05) is 20.8 Å². The third-order valence-corrected chi connectivity index (χ3v) is 4.36. The molecule has 0 unspecified atom stereocenters. The van der Waals surface area contributed by atoms with Crippen molar-refractivity contribution in [3.63, 3.8) is 0 Å². The fourth-order valence-electron chi connectivity index (χ4n) is 3.30. The molecule has 3 rings (SSSR count). The average molecular weight is 317 g/mol. The minimum atomic E-state index is -0.278. The van der Waals surface area contributed by atoms with Crippen molar-refractivity contribution in [1.29, 1.82) is 0 Å². The molecule has 0 spiro atoms. The van der Waals surface area contributed by atoms with Gasteiger partial charge in [-0.3, -0.25) is 0 Å². The molecule has 1 aliphatic carbocycles. The lowest BCUT2D eigenvalue weighted by molar-refractivity contribution is 0.234. The standard InChI is InChI=1S/C17H20FN3O2/c1-9(16-10(2)21-23-11(16)3)19-17(22)20-15-7-5-12-4-6-13(18)8-14(12)15/h4,6,8-9,15H,5,7H2,1-3H3,(H2,19,20,22)/t9-,15+/m1/s1. The maximum atomic E-state index is 13.4. The fraction of sp³-hybridized carbons (Fsp3) is 0.412. The predicted molar refractivity (Wildman–Crippen MR) is 83.5 cm³/mol. The summed E-state index contributed by atoms with van der Waals surface area (Å²) in [4.78, 5) is 12.3. The van der Waals surface area contributed by atoms with Gasteiger partial charge < -0.3 is 15.2 Å². The van der Waals surface area contributed by atoms with Crippen molar-refractivity contribution in [2.45, 2.75) is 45.7 Å². The van der Waals surface area contributed by atoms with Crippen molar-refractivity contribution < 1.29 is 13.7 Å². The minimum absolute atomic E-state index is 0.155. The van der Waals surface area contributed by atoms with Crippen LogP contribution < -0.4 is 10.6 Å². The molecule has 1 aliphatic rings. The number of fused-ring (bicyclic) bond motifs is 1. The Labute approximate surface area is 134 Å². The van der Waals surface area contributed by atoms with E-state index in [2.05, 4.69) is 15.8 Å². The highest BCUT2D eigenvalue weighted by atomic mass is 19.1. The van der Waals surface area contributed by atoms with Crippen molar-refractivity contribution in [2.75, 3.05) is 0 Å². The van der Waals surface area contributed by atoms with Crippen molar-refractivity contribution in [3.05, 3.63) is 52.2 Å². The van der Waals surface area contributed by atoms with Crippen molar-refractivity contribution in [2.24, 2.45) is 0 Å². The summed E-state index contributed by atoms with van der Waals surface area (Å²) < 4.78 is 18.5. The van der Waals surface area contributed by atoms with Crippen LogP contribution >= 0.6 is 0 Å². The normalized spacial score (nSPS) is 17.7. The van der Waals surface area contributed by atoms with Crippen LogP contribution in [0.3, 0.4) is 0 Å². The van der Waals surface area contributed by atoms with Crippen molar-refractivity contribution in [1.82, 2.24) is 15.8 Å². The number of nitrogens with one attached hydrogen (secondary N) is 2. The molecule has 23 heavy (non-hydrogen) atoms. The molecule has 1 aromatic carbocycles. The molecule has 0 saturated heterocycles. The quantitative estimate of drug-likeness (QED) is 0.911. The van der Waals surface area contributed by atoms with Crippen LogP contribution in [0.1, 0.15) is 53.6 Å². The van der Waals surface area contributed by atoms with Gasteiger partial charge in [0.05, 0.1) is 17.8 Å². The number of nitrogens with zero attached hydrogens (tertiary/aromatic N) is 1. The van der Waals surface area contributed by atoms with Gasteiger partial charge in [0.2, 0.25) is 0 Å². The first-order valence-electron chi connectivity index (χ1n) is 7.74. The number of benzene rings is 1. The van der Waals surface area contributed by atoms with Gasteiger partial charge in [-0.25, -0.2) is 9.18 Å². The maximum Gasteiger partial charge on any atom is 0.315 e.